The molecule has 12 heteroatoms. The molecule has 0 radical (unpaired) electrons. The lowest BCUT2D eigenvalue weighted by Gasteiger charge is -2.36. The first-order valence-electron chi connectivity index (χ1n) is 10.7. The summed E-state index contributed by atoms with van der Waals surface area (Å²) in [7, 11) is 0. The molecule has 0 aromatic heterocycles. The molecule has 0 bridgehead atoms. The second-order valence-electron chi connectivity index (χ2n) is 8.49. The van der Waals surface area contributed by atoms with Gasteiger partial charge in [0.25, 0.3) is 5.91 Å². The van der Waals surface area contributed by atoms with Crippen molar-refractivity contribution in [1.29, 1.82) is 0 Å². The Morgan fingerprint density at radius 1 is 1.03 bits per heavy atom. The number of imide groups is 1. The summed E-state index contributed by atoms with van der Waals surface area (Å²) in [5.41, 5.74) is -2.65. The Bertz CT molecular complexity index is 1180. The van der Waals surface area contributed by atoms with Gasteiger partial charge in [0.15, 0.2) is 0 Å². The molecule has 2 aromatic rings. The van der Waals surface area contributed by atoms with Crippen molar-refractivity contribution in [2.75, 3.05) is 37.6 Å². The summed E-state index contributed by atoms with van der Waals surface area (Å²) in [5.74, 6) is -3.14. The average molecular weight is 496 g/mol. The molecule has 1 atom stereocenters. The number of hydrogen-bond acceptors (Lipinski definition) is 4. The molecule has 4 amide bonds. The number of nitrogens with zero attached hydrogens (tertiary/aromatic N) is 3. The van der Waals surface area contributed by atoms with E-state index in [-0.39, 0.29) is 31.7 Å². The number of halogens is 5. The van der Waals surface area contributed by atoms with E-state index in [1.807, 2.05) is 0 Å². The molecule has 2 fully saturated rings. The second-order valence-corrected chi connectivity index (χ2v) is 8.49. The lowest BCUT2D eigenvalue weighted by atomic mass is 9.91. The molecule has 0 spiro atoms. The zero-order valence-corrected chi connectivity index (χ0v) is 18.5. The van der Waals surface area contributed by atoms with Gasteiger partial charge in [-0.1, -0.05) is 6.07 Å². The van der Waals surface area contributed by atoms with Crippen LogP contribution in [0.3, 0.4) is 0 Å². The Hall–Kier alpha value is -3.70. The zero-order valence-electron chi connectivity index (χ0n) is 18.5. The van der Waals surface area contributed by atoms with E-state index in [2.05, 4.69) is 5.32 Å². The highest BCUT2D eigenvalue weighted by Gasteiger charge is 2.51. The van der Waals surface area contributed by atoms with Gasteiger partial charge in [0.05, 0.1) is 5.56 Å². The highest BCUT2D eigenvalue weighted by molar-refractivity contribution is 6.09. The van der Waals surface area contributed by atoms with E-state index >= 15 is 0 Å². The number of piperazine rings is 1. The molecule has 2 aromatic carbocycles. The van der Waals surface area contributed by atoms with Crippen LogP contribution < -0.4 is 10.2 Å². The smallest absolute Gasteiger partial charge is 0.368 e. The molecule has 1 N–H and O–H groups in total. The topological polar surface area (TPSA) is 73.0 Å². The van der Waals surface area contributed by atoms with E-state index in [0.29, 0.717) is 10.6 Å². The van der Waals surface area contributed by atoms with Crippen LogP contribution in [0.4, 0.5) is 32.4 Å². The number of alkyl halides is 3. The lowest BCUT2D eigenvalue weighted by molar-refractivity contribution is -0.139. The summed E-state index contributed by atoms with van der Waals surface area (Å²) in [4.78, 5) is 41.9. The van der Waals surface area contributed by atoms with Crippen LogP contribution in [0.15, 0.2) is 42.5 Å². The minimum Gasteiger partial charge on any atom is -0.368 e. The summed E-state index contributed by atoms with van der Waals surface area (Å²) in [6, 6.07) is 6.49. The van der Waals surface area contributed by atoms with Gasteiger partial charge in [0, 0.05) is 37.4 Å². The van der Waals surface area contributed by atoms with Gasteiger partial charge in [-0.25, -0.2) is 13.6 Å². The molecule has 0 saturated carbocycles. The molecule has 2 aliphatic rings. The van der Waals surface area contributed by atoms with Crippen molar-refractivity contribution in [3.8, 4) is 0 Å². The van der Waals surface area contributed by atoms with Crippen LogP contribution in [0.1, 0.15) is 18.1 Å². The van der Waals surface area contributed by atoms with Crippen molar-refractivity contribution >= 4 is 23.5 Å². The van der Waals surface area contributed by atoms with Crippen molar-refractivity contribution in [3.05, 3.63) is 65.2 Å². The fraction of sp³-hybridized carbons (Fsp3) is 0.348. The summed E-state index contributed by atoms with van der Waals surface area (Å²) >= 11 is 0. The number of benzene rings is 2. The molecule has 35 heavy (non-hydrogen) atoms. The summed E-state index contributed by atoms with van der Waals surface area (Å²) < 4.78 is 66.9. The van der Waals surface area contributed by atoms with Gasteiger partial charge in [-0.2, -0.15) is 13.2 Å². The van der Waals surface area contributed by atoms with Crippen LogP contribution in [-0.4, -0.2) is 60.4 Å². The van der Waals surface area contributed by atoms with Crippen LogP contribution in [0.25, 0.3) is 0 Å². The Morgan fingerprint density at radius 2 is 1.71 bits per heavy atom. The van der Waals surface area contributed by atoms with Crippen molar-refractivity contribution in [2.24, 2.45) is 0 Å². The van der Waals surface area contributed by atoms with Gasteiger partial charge in [-0.15, -0.1) is 0 Å². The molecule has 2 heterocycles. The number of carbonyl (C=O) groups excluding carboxylic acids is 3. The molecule has 186 valence electrons. The average Bonchev–Trinajstić information content (AvgIpc) is 3.04. The standard InChI is InChI=1S/C23H21F5N4O3/c1-22(17-12-15(24)5-6-18(17)25)20(34)32(21(35)29-22)13-19(33)31-9-7-30(8-10-31)16-4-2-3-14(11-16)23(26,27)28/h2-6,11-12H,7-10,13H2,1H3,(H,29,35). The number of rotatable bonds is 4. The monoisotopic (exact) mass is 496 g/mol. The zero-order chi connectivity index (χ0) is 25.5. The maximum Gasteiger partial charge on any atom is 0.416 e. The van der Waals surface area contributed by atoms with Gasteiger partial charge in [-0.05, 0) is 43.3 Å². The number of anilines is 1. The predicted molar refractivity (Wildman–Crippen MR) is 114 cm³/mol. The maximum absolute atomic E-state index is 14.3. The lowest BCUT2D eigenvalue weighted by Crippen LogP contribution is -2.52. The minimum atomic E-state index is -4.47. The molecule has 2 aliphatic heterocycles. The van der Waals surface area contributed by atoms with Crippen molar-refractivity contribution in [3.63, 3.8) is 0 Å². The third kappa shape index (κ3) is 4.64. The van der Waals surface area contributed by atoms with E-state index in [4.69, 9.17) is 0 Å². The van der Waals surface area contributed by atoms with E-state index in [1.165, 1.54) is 17.9 Å². The van der Waals surface area contributed by atoms with Crippen LogP contribution in [0, 0.1) is 11.6 Å². The first kappa shape index (κ1) is 24.4. The first-order chi connectivity index (χ1) is 16.4. The normalized spacial score (nSPS) is 20.9. The van der Waals surface area contributed by atoms with Gasteiger partial charge in [-0.3, -0.25) is 14.5 Å². The number of nitrogens with one attached hydrogen (secondary N) is 1. The van der Waals surface area contributed by atoms with Crippen LogP contribution in [0.2, 0.25) is 0 Å². The number of amides is 4. The molecule has 0 aliphatic carbocycles. The largest absolute Gasteiger partial charge is 0.416 e. The number of urea groups is 1. The third-order valence-corrected chi connectivity index (χ3v) is 6.21. The van der Waals surface area contributed by atoms with Gasteiger partial charge in [0.2, 0.25) is 5.91 Å². The fourth-order valence-corrected chi connectivity index (χ4v) is 4.23. The van der Waals surface area contributed by atoms with E-state index in [9.17, 15) is 36.3 Å². The second kappa shape index (κ2) is 8.82. The van der Waals surface area contributed by atoms with E-state index in [0.717, 1.165) is 30.3 Å². The highest BCUT2D eigenvalue weighted by atomic mass is 19.4. The van der Waals surface area contributed by atoms with Gasteiger partial charge >= 0.3 is 12.2 Å². The molecule has 2 saturated heterocycles. The number of carbonyl (C=O) groups is 3. The van der Waals surface area contributed by atoms with Gasteiger partial charge in [0.1, 0.15) is 23.7 Å². The quantitative estimate of drug-likeness (QED) is 0.522. The molecular weight excluding hydrogens is 475 g/mol. The molecular formula is C23H21F5N4O3. The Morgan fingerprint density at radius 3 is 2.37 bits per heavy atom. The number of hydrogen-bond donors (Lipinski definition) is 1. The van der Waals surface area contributed by atoms with Crippen molar-refractivity contribution in [1.82, 2.24) is 15.1 Å². The Balaban J connectivity index is 1.41. The Kier molecular flexibility index (Phi) is 6.16. The van der Waals surface area contributed by atoms with Crippen LogP contribution in [-0.2, 0) is 21.3 Å². The van der Waals surface area contributed by atoms with E-state index in [1.54, 1.807) is 11.0 Å². The predicted octanol–water partition coefficient (Wildman–Crippen LogP) is 3.10. The SMILES string of the molecule is CC1(c2cc(F)ccc2F)NC(=O)N(CC(=O)N2CCN(c3cccc(C(F)(F)F)c3)CC2)C1=O. The van der Waals surface area contributed by atoms with Crippen molar-refractivity contribution in [2.45, 2.75) is 18.6 Å². The van der Waals surface area contributed by atoms with Crippen LogP contribution in [0.5, 0.6) is 0 Å². The highest BCUT2D eigenvalue weighted by Crippen LogP contribution is 2.33. The molecule has 4 rings (SSSR count). The van der Waals surface area contributed by atoms with Crippen molar-refractivity contribution < 1.29 is 36.3 Å². The minimum absolute atomic E-state index is 0.161. The first-order valence-corrected chi connectivity index (χ1v) is 10.7. The fourth-order valence-electron chi connectivity index (χ4n) is 4.23. The van der Waals surface area contributed by atoms with E-state index < -0.39 is 53.3 Å². The van der Waals surface area contributed by atoms with Crippen LogP contribution >= 0.6 is 0 Å². The summed E-state index contributed by atoms with van der Waals surface area (Å²) in [5, 5.41) is 2.33. The molecule has 7 nitrogen and oxygen atoms in total. The summed E-state index contributed by atoms with van der Waals surface area (Å²) in [6.07, 6.45) is -4.47. The van der Waals surface area contributed by atoms with Gasteiger partial charge < -0.3 is 15.1 Å². The third-order valence-electron chi connectivity index (χ3n) is 6.21. The Labute approximate surface area is 197 Å². The molecule has 1 unspecified atom stereocenters. The maximum atomic E-state index is 14.3. The summed E-state index contributed by atoms with van der Waals surface area (Å²) in [6.45, 7) is 1.44.